The molecule has 30 heavy (non-hydrogen) atoms. The maximum atomic E-state index is 12.6. The lowest BCUT2D eigenvalue weighted by Crippen LogP contribution is -2.13. The second-order valence-electron chi connectivity index (χ2n) is 6.96. The molecule has 5 heteroatoms. The third-order valence-electron chi connectivity index (χ3n) is 4.35. The van der Waals surface area contributed by atoms with Crippen molar-refractivity contribution in [1.29, 1.82) is 5.26 Å². The van der Waals surface area contributed by atoms with E-state index in [1.54, 1.807) is 18.2 Å². The molecule has 0 saturated heterocycles. The van der Waals surface area contributed by atoms with Crippen LogP contribution < -0.4 is 10.1 Å². The van der Waals surface area contributed by atoms with Gasteiger partial charge in [-0.15, -0.1) is 0 Å². The first-order chi connectivity index (χ1) is 14.4. The van der Waals surface area contributed by atoms with Crippen molar-refractivity contribution in [1.82, 2.24) is 0 Å². The highest BCUT2D eigenvalue weighted by molar-refractivity contribution is 6.30. The molecule has 0 aromatic heterocycles. The van der Waals surface area contributed by atoms with Gasteiger partial charge in [-0.3, -0.25) is 4.79 Å². The Morgan fingerprint density at radius 1 is 1.07 bits per heavy atom. The van der Waals surface area contributed by atoms with E-state index in [0.29, 0.717) is 28.6 Å². The second-order valence-corrected chi connectivity index (χ2v) is 7.39. The quantitative estimate of drug-likeness (QED) is 0.391. The Morgan fingerprint density at radius 2 is 1.80 bits per heavy atom. The van der Waals surface area contributed by atoms with Crippen LogP contribution in [0.25, 0.3) is 6.08 Å². The summed E-state index contributed by atoms with van der Waals surface area (Å²) in [6, 6.07) is 22.4. The summed E-state index contributed by atoms with van der Waals surface area (Å²) >= 11 is 6.02. The van der Waals surface area contributed by atoms with Crippen LogP contribution in [-0.4, -0.2) is 5.91 Å². The number of rotatable bonds is 6. The SMILES string of the molecule is Cc1cc(C)cc(NC(=O)/C(C#N)=C/c2ccccc2OCc2cccc(Cl)c2)c1. The van der Waals surface area contributed by atoms with Gasteiger partial charge in [0.2, 0.25) is 0 Å². The van der Waals surface area contributed by atoms with Gasteiger partial charge in [0, 0.05) is 16.3 Å². The molecule has 1 amide bonds. The first kappa shape index (κ1) is 21.2. The number of hydrogen-bond acceptors (Lipinski definition) is 3. The number of nitrogens with one attached hydrogen (secondary N) is 1. The number of hydrogen-bond donors (Lipinski definition) is 1. The van der Waals surface area contributed by atoms with Crippen molar-refractivity contribution in [3.63, 3.8) is 0 Å². The molecular weight excluding hydrogens is 396 g/mol. The van der Waals surface area contributed by atoms with Gasteiger partial charge in [0.25, 0.3) is 5.91 Å². The topological polar surface area (TPSA) is 62.1 Å². The Morgan fingerprint density at radius 3 is 2.50 bits per heavy atom. The summed E-state index contributed by atoms with van der Waals surface area (Å²) in [5.74, 6) is 0.108. The minimum absolute atomic E-state index is 0.00651. The predicted octanol–water partition coefficient (Wildman–Crippen LogP) is 6.08. The van der Waals surface area contributed by atoms with E-state index in [1.165, 1.54) is 6.08 Å². The molecule has 0 unspecified atom stereocenters. The number of anilines is 1. The van der Waals surface area contributed by atoms with Crippen LogP contribution in [0.4, 0.5) is 5.69 Å². The Hall–Kier alpha value is -3.55. The van der Waals surface area contributed by atoms with E-state index < -0.39 is 5.91 Å². The second kappa shape index (κ2) is 9.78. The van der Waals surface area contributed by atoms with E-state index in [1.807, 2.05) is 68.4 Å². The fraction of sp³-hybridized carbons (Fsp3) is 0.120. The lowest BCUT2D eigenvalue weighted by molar-refractivity contribution is -0.112. The number of ether oxygens (including phenoxy) is 1. The molecule has 3 aromatic rings. The molecule has 0 fully saturated rings. The van der Waals surface area contributed by atoms with E-state index in [2.05, 4.69) is 5.32 Å². The van der Waals surface area contributed by atoms with Crippen molar-refractivity contribution in [3.8, 4) is 11.8 Å². The van der Waals surface area contributed by atoms with Crippen LogP contribution >= 0.6 is 11.6 Å². The van der Waals surface area contributed by atoms with E-state index in [-0.39, 0.29) is 5.57 Å². The molecule has 150 valence electrons. The molecule has 4 nitrogen and oxygen atoms in total. The lowest BCUT2D eigenvalue weighted by atomic mass is 10.1. The van der Waals surface area contributed by atoms with Gasteiger partial charge < -0.3 is 10.1 Å². The molecule has 0 saturated carbocycles. The monoisotopic (exact) mass is 416 g/mol. The van der Waals surface area contributed by atoms with Gasteiger partial charge in [-0.2, -0.15) is 5.26 Å². The Kier molecular flexibility index (Phi) is 6.90. The van der Waals surface area contributed by atoms with Crippen molar-refractivity contribution in [2.75, 3.05) is 5.32 Å². The number of carbonyl (C=O) groups excluding carboxylic acids is 1. The summed E-state index contributed by atoms with van der Waals surface area (Å²) < 4.78 is 5.91. The van der Waals surface area contributed by atoms with E-state index in [4.69, 9.17) is 16.3 Å². The molecular formula is C25H21ClN2O2. The van der Waals surface area contributed by atoms with Crippen molar-refractivity contribution < 1.29 is 9.53 Å². The van der Waals surface area contributed by atoms with Crippen molar-refractivity contribution in [2.24, 2.45) is 0 Å². The molecule has 3 rings (SSSR count). The Labute approximate surface area is 181 Å². The molecule has 0 aliphatic heterocycles. The number of benzene rings is 3. The summed E-state index contributed by atoms with van der Waals surface area (Å²) in [5.41, 5.74) is 4.29. The largest absolute Gasteiger partial charge is 0.488 e. The van der Waals surface area contributed by atoms with Gasteiger partial charge in [0.15, 0.2) is 0 Å². The maximum absolute atomic E-state index is 12.6. The van der Waals surface area contributed by atoms with Crippen LogP contribution in [0.2, 0.25) is 5.02 Å². The Balaban J connectivity index is 1.80. The summed E-state index contributed by atoms with van der Waals surface area (Å²) in [5, 5.41) is 13.0. The summed E-state index contributed by atoms with van der Waals surface area (Å²) in [7, 11) is 0. The van der Waals surface area contributed by atoms with Gasteiger partial charge in [-0.25, -0.2) is 0 Å². The maximum Gasteiger partial charge on any atom is 0.266 e. The first-order valence-electron chi connectivity index (χ1n) is 9.42. The molecule has 0 aliphatic carbocycles. The number of halogens is 1. The molecule has 1 N–H and O–H groups in total. The number of nitriles is 1. The van der Waals surface area contributed by atoms with Gasteiger partial charge in [-0.05, 0) is 66.9 Å². The molecule has 0 atom stereocenters. The van der Waals surface area contributed by atoms with Crippen LogP contribution in [-0.2, 0) is 11.4 Å². The number of aryl methyl sites for hydroxylation is 2. The van der Waals surface area contributed by atoms with Crippen molar-refractivity contribution >= 4 is 29.3 Å². The highest BCUT2D eigenvalue weighted by Crippen LogP contribution is 2.23. The molecule has 3 aromatic carbocycles. The molecule has 0 heterocycles. The van der Waals surface area contributed by atoms with Crippen molar-refractivity contribution in [3.05, 3.63) is 99.6 Å². The normalized spacial score (nSPS) is 10.9. The zero-order valence-electron chi connectivity index (χ0n) is 16.8. The minimum atomic E-state index is -0.466. The zero-order valence-corrected chi connectivity index (χ0v) is 17.5. The van der Waals surface area contributed by atoms with Crippen LogP contribution in [0.5, 0.6) is 5.75 Å². The lowest BCUT2D eigenvalue weighted by Gasteiger charge is -2.10. The van der Waals surface area contributed by atoms with Crippen LogP contribution in [0.1, 0.15) is 22.3 Å². The summed E-state index contributed by atoms with van der Waals surface area (Å²) in [6.07, 6.45) is 1.53. The van der Waals surface area contributed by atoms with E-state index >= 15 is 0 Å². The summed E-state index contributed by atoms with van der Waals surface area (Å²) in [6.45, 7) is 4.23. The van der Waals surface area contributed by atoms with Crippen molar-refractivity contribution in [2.45, 2.75) is 20.5 Å². The average Bonchev–Trinajstić information content (AvgIpc) is 2.70. The Bertz CT molecular complexity index is 1130. The fourth-order valence-electron chi connectivity index (χ4n) is 3.07. The highest BCUT2D eigenvalue weighted by Gasteiger charge is 2.12. The zero-order chi connectivity index (χ0) is 21.5. The van der Waals surface area contributed by atoms with Gasteiger partial charge in [0.1, 0.15) is 24.0 Å². The third-order valence-corrected chi connectivity index (χ3v) is 4.58. The predicted molar refractivity (Wildman–Crippen MR) is 120 cm³/mol. The van der Waals surface area contributed by atoms with Crippen LogP contribution in [0, 0.1) is 25.2 Å². The van der Waals surface area contributed by atoms with Crippen LogP contribution in [0.15, 0.2) is 72.3 Å². The number of para-hydroxylation sites is 1. The number of carbonyl (C=O) groups is 1. The van der Waals surface area contributed by atoms with E-state index in [0.717, 1.165) is 16.7 Å². The first-order valence-corrected chi connectivity index (χ1v) is 9.80. The van der Waals surface area contributed by atoms with Gasteiger partial charge >= 0.3 is 0 Å². The van der Waals surface area contributed by atoms with E-state index in [9.17, 15) is 10.1 Å². The molecule has 0 aliphatic rings. The molecule has 0 radical (unpaired) electrons. The third kappa shape index (κ3) is 5.73. The highest BCUT2D eigenvalue weighted by atomic mass is 35.5. The fourth-order valence-corrected chi connectivity index (χ4v) is 3.28. The number of amides is 1. The van der Waals surface area contributed by atoms with Gasteiger partial charge in [-0.1, -0.05) is 48.0 Å². The standard InChI is InChI=1S/C25H21ClN2O2/c1-17-10-18(2)12-23(11-17)28-25(29)21(15-27)14-20-7-3-4-9-24(20)30-16-19-6-5-8-22(26)13-19/h3-14H,16H2,1-2H3,(H,28,29)/b21-14+. The molecule has 0 spiro atoms. The number of nitrogens with zero attached hydrogens (tertiary/aromatic N) is 1. The molecule has 0 bridgehead atoms. The van der Waals surface area contributed by atoms with Crippen LogP contribution in [0.3, 0.4) is 0 Å². The smallest absolute Gasteiger partial charge is 0.266 e. The minimum Gasteiger partial charge on any atom is -0.488 e. The summed E-state index contributed by atoms with van der Waals surface area (Å²) in [4.78, 5) is 12.6. The van der Waals surface area contributed by atoms with Gasteiger partial charge in [0.05, 0.1) is 0 Å². The average molecular weight is 417 g/mol.